The lowest BCUT2D eigenvalue weighted by atomic mass is 9.74. The molecule has 48 heavy (non-hydrogen) atoms. The number of carbonyl (C=O) groups is 1. The Balaban J connectivity index is 1.28. The summed E-state index contributed by atoms with van der Waals surface area (Å²) >= 11 is 0. The highest BCUT2D eigenvalue weighted by Crippen LogP contribution is 2.54. The number of carboxylic acids is 1. The first-order valence-electron chi connectivity index (χ1n) is 18.5. The number of hydrogen-bond donors (Lipinski definition) is 3. The first-order chi connectivity index (χ1) is 22.4. The predicted octanol–water partition coefficient (Wildman–Crippen LogP) is 4.93. The first kappa shape index (κ1) is 38.3. The number of hydrogen-bond acceptors (Lipinski definition) is 10. The van der Waals surface area contributed by atoms with Crippen LogP contribution < -0.4 is 0 Å². The first-order valence-corrected chi connectivity index (χ1v) is 18.5. The summed E-state index contributed by atoms with van der Waals surface area (Å²) in [6, 6.07) is 0. The zero-order valence-corrected chi connectivity index (χ0v) is 31.1. The zero-order valence-electron chi connectivity index (χ0n) is 31.1. The Labute approximate surface area is 287 Å². The molecular weight excluding hydrogens is 620 g/mol. The highest BCUT2D eigenvalue weighted by atomic mass is 16.7. The SMILES string of the molecule is CCC(O)C1(C)CC(C)C(O)(C2CC(C)C(C3(C)CCC(C4CCC5(O4)OC(C(C)C(OC)C(C)C(=O)O)C(C)C(OC)C5C)O3)O2)O1. The largest absolute Gasteiger partial charge is 0.481 e. The van der Waals surface area contributed by atoms with Crippen LogP contribution in [0.15, 0.2) is 0 Å². The maximum atomic E-state index is 11.9. The van der Waals surface area contributed by atoms with Gasteiger partial charge in [-0.15, -0.1) is 0 Å². The lowest BCUT2D eigenvalue weighted by Gasteiger charge is -2.52. The van der Waals surface area contributed by atoms with E-state index in [-0.39, 0.29) is 60.1 Å². The van der Waals surface area contributed by atoms with Gasteiger partial charge in [0, 0.05) is 44.3 Å². The summed E-state index contributed by atoms with van der Waals surface area (Å²) in [7, 11) is 3.28. The molecule has 0 amide bonds. The van der Waals surface area contributed by atoms with Crippen molar-refractivity contribution < 1.29 is 53.3 Å². The zero-order chi connectivity index (χ0) is 35.6. The van der Waals surface area contributed by atoms with Crippen molar-refractivity contribution in [3.05, 3.63) is 0 Å². The summed E-state index contributed by atoms with van der Waals surface area (Å²) in [5, 5.41) is 32.3. The Morgan fingerprint density at radius 1 is 1.00 bits per heavy atom. The van der Waals surface area contributed by atoms with Crippen LogP contribution in [0.25, 0.3) is 0 Å². The van der Waals surface area contributed by atoms with Crippen LogP contribution in [-0.4, -0.2) is 107 Å². The van der Waals surface area contributed by atoms with Gasteiger partial charge in [-0.2, -0.15) is 0 Å². The number of aliphatic hydroxyl groups excluding tert-OH is 1. The topological polar surface area (TPSA) is 142 Å². The van der Waals surface area contributed by atoms with Gasteiger partial charge in [0.25, 0.3) is 0 Å². The van der Waals surface area contributed by atoms with Crippen LogP contribution in [0.2, 0.25) is 0 Å². The fourth-order valence-electron chi connectivity index (χ4n) is 10.4. The third-order valence-electron chi connectivity index (χ3n) is 13.3. The Morgan fingerprint density at radius 2 is 1.65 bits per heavy atom. The van der Waals surface area contributed by atoms with Gasteiger partial charge in [0.1, 0.15) is 6.10 Å². The smallest absolute Gasteiger partial charge is 0.308 e. The van der Waals surface area contributed by atoms with Gasteiger partial charge in [-0.05, 0) is 65.2 Å². The molecule has 1 spiro atoms. The average Bonchev–Trinajstić information content (AvgIpc) is 3.80. The van der Waals surface area contributed by atoms with Crippen LogP contribution in [0.5, 0.6) is 0 Å². The third kappa shape index (κ3) is 6.40. The van der Waals surface area contributed by atoms with Crippen molar-refractivity contribution in [2.45, 2.75) is 179 Å². The molecule has 0 bridgehead atoms. The third-order valence-corrected chi connectivity index (χ3v) is 13.3. The van der Waals surface area contributed by atoms with Crippen LogP contribution in [0, 0.1) is 35.5 Å². The van der Waals surface area contributed by atoms with E-state index in [4.69, 9.17) is 33.2 Å². The van der Waals surface area contributed by atoms with E-state index in [1.165, 1.54) is 0 Å². The molecule has 0 aliphatic carbocycles. The lowest BCUT2D eigenvalue weighted by Crippen LogP contribution is -2.60. The van der Waals surface area contributed by atoms with Gasteiger partial charge in [-0.1, -0.05) is 41.5 Å². The van der Waals surface area contributed by atoms with Crippen LogP contribution >= 0.6 is 0 Å². The van der Waals surface area contributed by atoms with E-state index in [0.29, 0.717) is 25.7 Å². The summed E-state index contributed by atoms with van der Waals surface area (Å²) in [4.78, 5) is 11.9. The van der Waals surface area contributed by atoms with Crippen LogP contribution in [-0.2, 0) is 38.0 Å². The number of aliphatic hydroxyl groups is 2. The van der Waals surface area contributed by atoms with E-state index in [1.807, 2.05) is 27.7 Å². The Morgan fingerprint density at radius 3 is 2.25 bits per heavy atom. The molecule has 5 fully saturated rings. The number of carboxylic acid groups (broad SMARTS) is 1. The van der Waals surface area contributed by atoms with Gasteiger partial charge in [0.2, 0.25) is 0 Å². The van der Waals surface area contributed by atoms with Crippen molar-refractivity contribution >= 4 is 5.97 Å². The van der Waals surface area contributed by atoms with Crippen LogP contribution in [0.1, 0.15) is 107 Å². The summed E-state index contributed by atoms with van der Waals surface area (Å²) in [6.07, 6.45) is 2.04. The van der Waals surface area contributed by atoms with Crippen LogP contribution in [0.4, 0.5) is 0 Å². The molecule has 3 N–H and O–H groups in total. The van der Waals surface area contributed by atoms with E-state index in [1.54, 1.807) is 21.1 Å². The molecular formula is C37H64O11. The van der Waals surface area contributed by atoms with Gasteiger partial charge in [0.05, 0.1) is 59.8 Å². The van der Waals surface area contributed by atoms with E-state index < -0.39 is 53.0 Å². The van der Waals surface area contributed by atoms with Crippen molar-refractivity contribution in [3.8, 4) is 0 Å². The minimum absolute atomic E-state index is 0.00335. The van der Waals surface area contributed by atoms with Gasteiger partial charge < -0.3 is 48.5 Å². The molecule has 18 atom stereocenters. The molecule has 5 heterocycles. The summed E-state index contributed by atoms with van der Waals surface area (Å²) in [6.45, 7) is 17.9. The molecule has 0 aromatic rings. The Hall–Kier alpha value is -0.890. The number of rotatable bonds is 11. The van der Waals surface area contributed by atoms with Gasteiger partial charge in [-0.3, -0.25) is 4.79 Å². The fraction of sp³-hybridized carbons (Fsp3) is 0.973. The summed E-state index contributed by atoms with van der Waals surface area (Å²) < 4.78 is 45.6. The number of aliphatic carboxylic acids is 1. The molecule has 5 saturated heterocycles. The van der Waals surface area contributed by atoms with Crippen molar-refractivity contribution in [1.29, 1.82) is 0 Å². The number of ether oxygens (including phenoxy) is 7. The minimum Gasteiger partial charge on any atom is -0.481 e. The molecule has 0 saturated carbocycles. The van der Waals surface area contributed by atoms with E-state index in [9.17, 15) is 20.1 Å². The molecule has 0 aromatic carbocycles. The normalized spacial score (nSPS) is 50.5. The molecule has 5 aliphatic rings. The highest BCUT2D eigenvalue weighted by Gasteiger charge is 2.63. The van der Waals surface area contributed by atoms with Crippen molar-refractivity contribution in [2.75, 3.05) is 14.2 Å². The monoisotopic (exact) mass is 684 g/mol. The summed E-state index contributed by atoms with van der Waals surface area (Å²) in [5.41, 5.74) is -1.39. The Bertz CT molecular complexity index is 1140. The van der Waals surface area contributed by atoms with Crippen molar-refractivity contribution in [1.82, 2.24) is 0 Å². The maximum Gasteiger partial charge on any atom is 0.308 e. The highest BCUT2D eigenvalue weighted by molar-refractivity contribution is 5.70. The molecule has 0 radical (unpaired) electrons. The number of methoxy groups -OCH3 is 2. The minimum atomic E-state index is -1.48. The van der Waals surface area contributed by atoms with E-state index in [0.717, 1.165) is 19.3 Å². The standard InChI is InChI=1S/C37H64O11/c1-12-27(38)35(9)18-20(3)37(41,48-35)28-17-19(2)32(44-28)34(8)15-13-25(45-34)26-14-16-36(46-26)24(7)31(43-11)22(5)30(47-36)21(4)29(42-10)23(6)33(39)40/h19-32,38,41H,12-18H2,1-11H3,(H,39,40). The second-order valence-electron chi connectivity index (χ2n) is 16.6. The quantitative estimate of drug-likeness (QED) is 0.273. The predicted molar refractivity (Wildman–Crippen MR) is 177 cm³/mol. The molecule has 0 aromatic heterocycles. The maximum absolute atomic E-state index is 11.9. The average molecular weight is 685 g/mol. The molecule has 278 valence electrons. The molecule has 18 unspecified atom stereocenters. The molecule has 11 nitrogen and oxygen atoms in total. The van der Waals surface area contributed by atoms with Crippen molar-refractivity contribution in [2.24, 2.45) is 35.5 Å². The lowest BCUT2D eigenvalue weighted by molar-refractivity contribution is -0.346. The Kier molecular flexibility index (Phi) is 11.1. The van der Waals surface area contributed by atoms with E-state index >= 15 is 0 Å². The molecule has 5 rings (SSSR count). The second-order valence-corrected chi connectivity index (χ2v) is 16.6. The second kappa shape index (κ2) is 13.9. The molecule has 11 heteroatoms. The van der Waals surface area contributed by atoms with Gasteiger partial charge in [0.15, 0.2) is 11.6 Å². The van der Waals surface area contributed by atoms with E-state index in [2.05, 4.69) is 27.7 Å². The van der Waals surface area contributed by atoms with Crippen LogP contribution in [0.3, 0.4) is 0 Å². The fourth-order valence-corrected chi connectivity index (χ4v) is 10.4. The van der Waals surface area contributed by atoms with Gasteiger partial charge >= 0.3 is 5.97 Å². The van der Waals surface area contributed by atoms with Crippen molar-refractivity contribution in [3.63, 3.8) is 0 Å². The molecule has 5 aliphatic heterocycles. The van der Waals surface area contributed by atoms with Gasteiger partial charge in [-0.25, -0.2) is 0 Å². The summed E-state index contributed by atoms with van der Waals surface area (Å²) in [5.74, 6) is -4.30.